The van der Waals surface area contributed by atoms with Crippen molar-refractivity contribution in [3.63, 3.8) is 0 Å². The minimum absolute atomic E-state index is 0.347. The molecule has 0 radical (unpaired) electrons. The third kappa shape index (κ3) is 4.63. The summed E-state index contributed by atoms with van der Waals surface area (Å²) in [5.41, 5.74) is 0. The van der Waals surface area contributed by atoms with Gasteiger partial charge in [0.25, 0.3) is 10.1 Å². The highest BCUT2D eigenvalue weighted by atomic mass is 32.2. The molecule has 0 heterocycles. The van der Waals surface area contributed by atoms with Crippen molar-refractivity contribution < 1.29 is 27.9 Å². The highest BCUT2D eigenvalue weighted by molar-refractivity contribution is 7.86. The maximum Gasteiger partial charge on any atom is 0.298 e. The summed E-state index contributed by atoms with van der Waals surface area (Å²) in [6, 6.07) is 2.83. The molecule has 0 amide bonds. The number of aromatic hydroxyl groups is 2. The van der Waals surface area contributed by atoms with Crippen molar-refractivity contribution in [3.05, 3.63) is 18.2 Å². The Bertz CT molecular complexity index is 411. The maximum absolute atomic E-state index is 10.5. The second kappa shape index (κ2) is 5.54. The second-order valence-corrected chi connectivity index (χ2v) is 3.93. The van der Waals surface area contributed by atoms with E-state index in [1.165, 1.54) is 0 Å². The van der Waals surface area contributed by atoms with Crippen LogP contribution in [0.25, 0.3) is 0 Å². The third-order valence-electron chi connectivity index (χ3n) is 1.22. The van der Waals surface area contributed by atoms with E-state index in [0.29, 0.717) is 0 Å². The minimum Gasteiger partial charge on any atom is -0.508 e. The van der Waals surface area contributed by atoms with Crippen molar-refractivity contribution in [2.24, 2.45) is 0 Å². The number of benzene rings is 1. The van der Waals surface area contributed by atoms with Crippen LogP contribution in [-0.4, -0.2) is 37.4 Å². The average molecular weight is 236 g/mol. The largest absolute Gasteiger partial charge is 0.508 e. The Morgan fingerprint density at radius 2 is 1.67 bits per heavy atom. The van der Waals surface area contributed by atoms with E-state index < -0.39 is 20.8 Å². The van der Waals surface area contributed by atoms with Crippen molar-refractivity contribution >= 4 is 10.1 Å². The molecule has 0 aliphatic rings. The highest BCUT2D eigenvalue weighted by Crippen LogP contribution is 2.25. The van der Waals surface area contributed by atoms with Gasteiger partial charge < -0.3 is 14.9 Å². The first-order valence-electron chi connectivity index (χ1n) is 3.72. The van der Waals surface area contributed by atoms with Crippen molar-refractivity contribution in [1.82, 2.24) is 0 Å². The lowest BCUT2D eigenvalue weighted by Gasteiger charge is -2.00. The van der Waals surface area contributed by atoms with E-state index in [1.54, 1.807) is 14.2 Å². The van der Waals surface area contributed by atoms with E-state index >= 15 is 0 Å². The van der Waals surface area contributed by atoms with Crippen LogP contribution >= 0.6 is 0 Å². The van der Waals surface area contributed by atoms with Crippen LogP contribution in [0.3, 0.4) is 0 Å². The molecule has 0 aliphatic carbocycles. The molecule has 7 heteroatoms. The van der Waals surface area contributed by atoms with Gasteiger partial charge in [0.05, 0.1) is 0 Å². The van der Waals surface area contributed by atoms with Crippen LogP contribution in [0, 0.1) is 0 Å². The monoisotopic (exact) mass is 236 g/mol. The molecule has 86 valence electrons. The summed E-state index contributed by atoms with van der Waals surface area (Å²) in [6.45, 7) is 0. The first-order valence-corrected chi connectivity index (χ1v) is 5.16. The lowest BCUT2D eigenvalue weighted by molar-refractivity contribution is 0.277. The van der Waals surface area contributed by atoms with Crippen molar-refractivity contribution in [3.8, 4) is 11.5 Å². The van der Waals surface area contributed by atoms with Crippen LogP contribution in [0.4, 0.5) is 0 Å². The summed E-state index contributed by atoms with van der Waals surface area (Å²) in [7, 11) is -1.22. The molecule has 6 nitrogen and oxygen atoms in total. The van der Waals surface area contributed by atoms with Crippen LogP contribution in [0.2, 0.25) is 0 Å². The van der Waals surface area contributed by atoms with E-state index in [0.717, 1.165) is 18.2 Å². The fourth-order valence-corrected chi connectivity index (χ4v) is 1.31. The molecule has 3 N–H and O–H groups in total. The topological polar surface area (TPSA) is 104 Å². The van der Waals surface area contributed by atoms with Gasteiger partial charge in [0, 0.05) is 20.3 Å². The fraction of sp³-hybridized carbons (Fsp3) is 0.250. The maximum atomic E-state index is 10.5. The number of rotatable bonds is 1. The average Bonchev–Trinajstić information content (AvgIpc) is 2.09. The van der Waals surface area contributed by atoms with Crippen LogP contribution < -0.4 is 0 Å². The highest BCUT2D eigenvalue weighted by Gasteiger charge is 2.15. The van der Waals surface area contributed by atoms with E-state index in [4.69, 9.17) is 14.8 Å². The lowest BCUT2D eigenvalue weighted by Crippen LogP contribution is -1.97. The zero-order valence-corrected chi connectivity index (χ0v) is 9.02. The van der Waals surface area contributed by atoms with Gasteiger partial charge in [0.2, 0.25) is 0 Å². The minimum atomic E-state index is -4.47. The van der Waals surface area contributed by atoms with E-state index in [1.807, 2.05) is 0 Å². The van der Waals surface area contributed by atoms with Crippen molar-refractivity contribution in [2.75, 3.05) is 14.2 Å². The van der Waals surface area contributed by atoms with Crippen LogP contribution in [0.5, 0.6) is 11.5 Å². The summed E-state index contributed by atoms with van der Waals surface area (Å²) in [4.78, 5) is -0.706. The summed E-state index contributed by atoms with van der Waals surface area (Å²) in [5.74, 6) is -0.948. The molecule has 0 bridgehead atoms. The molecule has 15 heavy (non-hydrogen) atoms. The van der Waals surface area contributed by atoms with Crippen LogP contribution in [0.1, 0.15) is 0 Å². The van der Waals surface area contributed by atoms with E-state index in [-0.39, 0.29) is 5.75 Å². The molecule has 1 aromatic carbocycles. The molecular weight excluding hydrogens is 224 g/mol. The first kappa shape index (κ1) is 13.7. The smallest absolute Gasteiger partial charge is 0.298 e. The van der Waals surface area contributed by atoms with Crippen molar-refractivity contribution in [1.29, 1.82) is 0 Å². The third-order valence-corrected chi connectivity index (χ3v) is 2.10. The quantitative estimate of drug-likeness (QED) is 0.487. The zero-order valence-electron chi connectivity index (χ0n) is 8.21. The van der Waals surface area contributed by atoms with Gasteiger partial charge in [-0.1, -0.05) is 0 Å². The Kier molecular flexibility index (Phi) is 5.06. The predicted molar refractivity (Wildman–Crippen MR) is 52.5 cm³/mol. The Labute approximate surface area is 87.5 Å². The Morgan fingerprint density at radius 3 is 2.00 bits per heavy atom. The van der Waals surface area contributed by atoms with E-state index in [2.05, 4.69) is 4.74 Å². The summed E-state index contributed by atoms with van der Waals surface area (Å²) in [5, 5.41) is 17.7. The van der Waals surface area contributed by atoms with Gasteiger partial charge >= 0.3 is 0 Å². The van der Waals surface area contributed by atoms with Gasteiger partial charge in [-0.05, 0) is 12.1 Å². The number of ether oxygens (including phenoxy) is 1. The normalized spacial score (nSPS) is 10.3. The van der Waals surface area contributed by atoms with Gasteiger partial charge in [-0.15, -0.1) is 0 Å². The first-order chi connectivity index (χ1) is 6.82. The molecule has 0 fully saturated rings. The zero-order chi connectivity index (χ0) is 12.1. The van der Waals surface area contributed by atoms with Gasteiger partial charge in [0.1, 0.15) is 16.4 Å². The molecule has 1 rings (SSSR count). The Balaban J connectivity index is 0.000000583. The lowest BCUT2D eigenvalue weighted by atomic mass is 10.3. The van der Waals surface area contributed by atoms with Crippen molar-refractivity contribution in [2.45, 2.75) is 4.90 Å². The molecule has 0 saturated carbocycles. The molecule has 0 unspecified atom stereocenters. The molecular formula is C8H12O6S. The molecule has 0 aromatic heterocycles. The Morgan fingerprint density at radius 1 is 1.20 bits per heavy atom. The second-order valence-electron chi connectivity index (χ2n) is 2.54. The van der Waals surface area contributed by atoms with Gasteiger partial charge in [0.15, 0.2) is 0 Å². The fourth-order valence-electron chi connectivity index (χ4n) is 0.709. The molecule has 0 saturated heterocycles. The summed E-state index contributed by atoms with van der Waals surface area (Å²) >= 11 is 0. The van der Waals surface area contributed by atoms with Crippen LogP contribution in [0.15, 0.2) is 23.1 Å². The molecule has 0 aliphatic heterocycles. The van der Waals surface area contributed by atoms with Gasteiger partial charge in [-0.2, -0.15) is 8.42 Å². The molecule has 0 atom stereocenters. The predicted octanol–water partition coefficient (Wildman–Crippen LogP) is 0.607. The molecule has 0 spiro atoms. The number of phenolic OH excluding ortho intramolecular Hbond substituents is 2. The number of hydrogen-bond acceptors (Lipinski definition) is 5. The Hall–Kier alpha value is -1.31. The number of methoxy groups -OCH3 is 1. The summed E-state index contributed by atoms with van der Waals surface area (Å²) < 4.78 is 33.7. The van der Waals surface area contributed by atoms with Crippen LogP contribution in [-0.2, 0) is 14.9 Å². The van der Waals surface area contributed by atoms with Gasteiger partial charge in [-0.3, -0.25) is 4.55 Å². The number of phenols is 2. The molecule has 1 aromatic rings. The SMILES string of the molecule is COC.O=S(=O)(O)c1cc(O)ccc1O. The summed E-state index contributed by atoms with van der Waals surface area (Å²) in [6.07, 6.45) is 0. The van der Waals surface area contributed by atoms with E-state index in [9.17, 15) is 8.42 Å². The standard InChI is InChI=1S/C6H6O5S.C2H6O/c7-4-1-2-5(8)6(3-4)12(9,10)11;1-3-2/h1-3,7-8H,(H,9,10,11);1-2H3. The number of hydrogen-bond donors (Lipinski definition) is 3. The van der Waals surface area contributed by atoms with Gasteiger partial charge in [-0.25, -0.2) is 0 Å².